The zero-order valence-corrected chi connectivity index (χ0v) is 15.3. The molecule has 1 amide bonds. The standard InChI is InChI=1S/C20H21N3O4/c1-13(24)16-5-10-19(20(11-16)23(26)27)21-17-6-3-15(4-7-17)12-22(14(2)25)18-8-9-18/h3-7,10-11,18,21H,8-9,12H2,1-2H3. The summed E-state index contributed by atoms with van der Waals surface area (Å²) < 4.78 is 0. The molecule has 0 saturated heterocycles. The minimum atomic E-state index is -0.510. The summed E-state index contributed by atoms with van der Waals surface area (Å²) in [4.78, 5) is 35.9. The van der Waals surface area contributed by atoms with Crippen LogP contribution in [0.3, 0.4) is 0 Å². The molecule has 1 aliphatic carbocycles. The Bertz CT molecular complexity index is 889. The number of nitrogens with zero attached hydrogens (tertiary/aromatic N) is 2. The predicted molar refractivity (Wildman–Crippen MR) is 102 cm³/mol. The van der Waals surface area contributed by atoms with Crippen molar-refractivity contribution >= 4 is 28.8 Å². The molecule has 3 rings (SSSR count). The molecule has 7 heteroatoms. The van der Waals surface area contributed by atoms with Crippen LogP contribution in [0.25, 0.3) is 0 Å². The van der Waals surface area contributed by atoms with E-state index in [0.29, 0.717) is 29.5 Å². The van der Waals surface area contributed by atoms with E-state index in [0.717, 1.165) is 18.4 Å². The van der Waals surface area contributed by atoms with E-state index < -0.39 is 4.92 Å². The number of amides is 1. The van der Waals surface area contributed by atoms with Crippen LogP contribution in [-0.4, -0.2) is 27.6 Å². The van der Waals surface area contributed by atoms with E-state index in [1.807, 2.05) is 29.2 Å². The van der Waals surface area contributed by atoms with Gasteiger partial charge in [0.15, 0.2) is 5.78 Å². The highest BCUT2D eigenvalue weighted by molar-refractivity contribution is 5.95. The van der Waals surface area contributed by atoms with Gasteiger partial charge < -0.3 is 10.2 Å². The minimum Gasteiger partial charge on any atom is -0.350 e. The molecule has 1 N–H and O–H groups in total. The molecule has 1 fully saturated rings. The molecule has 0 heterocycles. The fraction of sp³-hybridized carbons (Fsp3) is 0.300. The van der Waals surface area contributed by atoms with E-state index in [-0.39, 0.29) is 17.4 Å². The van der Waals surface area contributed by atoms with E-state index in [4.69, 9.17) is 0 Å². The van der Waals surface area contributed by atoms with Gasteiger partial charge in [0.25, 0.3) is 5.69 Å². The van der Waals surface area contributed by atoms with Crippen LogP contribution >= 0.6 is 0 Å². The average molecular weight is 367 g/mol. The van der Waals surface area contributed by atoms with Crippen LogP contribution in [0.4, 0.5) is 17.1 Å². The maximum absolute atomic E-state index is 11.7. The topological polar surface area (TPSA) is 92.6 Å². The minimum absolute atomic E-state index is 0.0703. The van der Waals surface area contributed by atoms with Gasteiger partial charge in [-0.2, -0.15) is 0 Å². The fourth-order valence-corrected chi connectivity index (χ4v) is 2.94. The van der Waals surface area contributed by atoms with Crippen molar-refractivity contribution in [1.82, 2.24) is 4.90 Å². The highest BCUT2D eigenvalue weighted by Gasteiger charge is 2.30. The van der Waals surface area contributed by atoms with Crippen LogP contribution in [0.1, 0.15) is 42.6 Å². The quantitative estimate of drug-likeness (QED) is 0.453. The molecule has 0 aliphatic heterocycles. The monoisotopic (exact) mass is 367 g/mol. The Kier molecular flexibility index (Phi) is 5.21. The summed E-state index contributed by atoms with van der Waals surface area (Å²) in [6.07, 6.45) is 2.11. The van der Waals surface area contributed by atoms with Gasteiger partial charge in [-0.15, -0.1) is 0 Å². The molecule has 1 aliphatic rings. The first-order valence-corrected chi connectivity index (χ1v) is 8.77. The zero-order valence-electron chi connectivity index (χ0n) is 15.3. The van der Waals surface area contributed by atoms with Crippen LogP contribution in [0.5, 0.6) is 0 Å². The van der Waals surface area contributed by atoms with E-state index in [9.17, 15) is 19.7 Å². The lowest BCUT2D eigenvalue weighted by atomic mass is 10.1. The number of benzene rings is 2. The van der Waals surface area contributed by atoms with Crippen LogP contribution in [0.2, 0.25) is 0 Å². The Morgan fingerprint density at radius 3 is 2.33 bits per heavy atom. The Morgan fingerprint density at radius 2 is 1.81 bits per heavy atom. The number of rotatable bonds is 7. The summed E-state index contributed by atoms with van der Waals surface area (Å²) in [7, 11) is 0. The fourth-order valence-electron chi connectivity index (χ4n) is 2.94. The molecule has 7 nitrogen and oxygen atoms in total. The van der Waals surface area contributed by atoms with E-state index in [1.54, 1.807) is 13.0 Å². The number of anilines is 2. The SMILES string of the molecule is CC(=O)c1ccc(Nc2ccc(CN(C(C)=O)C3CC3)cc2)c([N+](=O)[O-])c1. The van der Waals surface area contributed by atoms with Gasteiger partial charge >= 0.3 is 0 Å². The Balaban J connectivity index is 1.75. The first-order valence-electron chi connectivity index (χ1n) is 8.77. The summed E-state index contributed by atoms with van der Waals surface area (Å²) in [6.45, 7) is 3.52. The lowest BCUT2D eigenvalue weighted by molar-refractivity contribution is -0.383. The summed E-state index contributed by atoms with van der Waals surface area (Å²) in [6, 6.07) is 12.2. The van der Waals surface area contributed by atoms with Crippen molar-refractivity contribution in [2.75, 3.05) is 5.32 Å². The molecule has 2 aromatic rings. The molecule has 2 aromatic carbocycles. The molecular formula is C20H21N3O4. The van der Waals surface area contributed by atoms with Crippen LogP contribution in [0.15, 0.2) is 42.5 Å². The maximum atomic E-state index is 11.7. The van der Waals surface area contributed by atoms with Crippen molar-refractivity contribution in [2.24, 2.45) is 0 Å². The highest BCUT2D eigenvalue weighted by atomic mass is 16.6. The van der Waals surface area contributed by atoms with Crippen molar-refractivity contribution in [1.29, 1.82) is 0 Å². The number of ketones is 1. The Labute approximate surface area is 157 Å². The summed E-state index contributed by atoms with van der Waals surface area (Å²) in [5, 5.41) is 14.3. The number of hydrogen-bond donors (Lipinski definition) is 1. The van der Waals surface area contributed by atoms with Crippen molar-refractivity contribution in [3.05, 3.63) is 63.7 Å². The third-order valence-electron chi connectivity index (χ3n) is 4.58. The molecule has 1 saturated carbocycles. The van der Waals surface area contributed by atoms with E-state index >= 15 is 0 Å². The second kappa shape index (κ2) is 7.57. The number of hydrogen-bond acceptors (Lipinski definition) is 5. The van der Waals surface area contributed by atoms with Crippen molar-refractivity contribution < 1.29 is 14.5 Å². The molecule has 0 aromatic heterocycles. The largest absolute Gasteiger partial charge is 0.350 e. The number of nitrogens with one attached hydrogen (secondary N) is 1. The van der Waals surface area contributed by atoms with Crippen molar-refractivity contribution in [2.45, 2.75) is 39.3 Å². The van der Waals surface area contributed by atoms with E-state index in [2.05, 4.69) is 5.32 Å². The summed E-state index contributed by atoms with van der Waals surface area (Å²) >= 11 is 0. The Hall–Kier alpha value is -3.22. The van der Waals surface area contributed by atoms with Crippen molar-refractivity contribution in [3.8, 4) is 0 Å². The van der Waals surface area contributed by atoms with Crippen LogP contribution in [-0.2, 0) is 11.3 Å². The number of carbonyl (C=O) groups excluding carboxylic acids is 2. The molecule has 140 valence electrons. The number of nitro groups is 1. The highest BCUT2D eigenvalue weighted by Crippen LogP contribution is 2.30. The zero-order chi connectivity index (χ0) is 19.6. The van der Waals surface area contributed by atoms with Gasteiger partial charge in [0.05, 0.1) is 4.92 Å². The summed E-state index contributed by atoms with van der Waals surface area (Å²) in [5.74, 6) is -0.152. The molecule has 0 atom stereocenters. The molecule has 0 radical (unpaired) electrons. The molecule has 0 spiro atoms. The van der Waals surface area contributed by atoms with Gasteiger partial charge in [-0.3, -0.25) is 19.7 Å². The first-order chi connectivity index (χ1) is 12.8. The third-order valence-corrected chi connectivity index (χ3v) is 4.58. The van der Waals surface area contributed by atoms with Gasteiger partial charge in [-0.1, -0.05) is 12.1 Å². The molecular weight excluding hydrogens is 346 g/mol. The number of nitro benzene ring substituents is 1. The van der Waals surface area contributed by atoms with Crippen molar-refractivity contribution in [3.63, 3.8) is 0 Å². The smallest absolute Gasteiger partial charge is 0.293 e. The maximum Gasteiger partial charge on any atom is 0.293 e. The Morgan fingerprint density at radius 1 is 1.15 bits per heavy atom. The predicted octanol–water partition coefficient (Wildman–Crippen LogP) is 4.05. The van der Waals surface area contributed by atoms with Gasteiger partial charge in [0, 0.05) is 36.8 Å². The second-order valence-corrected chi connectivity index (χ2v) is 6.75. The summed E-state index contributed by atoms with van der Waals surface area (Å²) in [5.41, 5.74) is 2.17. The lowest BCUT2D eigenvalue weighted by Crippen LogP contribution is -2.30. The molecule has 0 bridgehead atoms. The normalized spacial score (nSPS) is 13.1. The van der Waals surface area contributed by atoms with E-state index in [1.165, 1.54) is 19.1 Å². The lowest BCUT2D eigenvalue weighted by Gasteiger charge is -2.20. The average Bonchev–Trinajstić information content (AvgIpc) is 3.45. The van der Waals surface area contributed by atoms with Crippen LogP contribution < -0.4 is 5.32 Å². The number of Topliss-reactive ketones (excluding diaryl/α,β-unsaturated/α-hetero) is 1. The van der Waals surface area contributed by atoms with Gasteiger partial charge in [-0.05, 0) is 49.6 Å². The van der Waals surface area contributed by atoms with Gasteiger partial charge in [0.1, 0.15) is 5.69 Å². The number of carbonyl (C=O) groups is 2. The van der Waals surface area contributed by atoms with Crippen LogP contribution in [0, 0.1) is 10.1 Å². The molecule has 27 heavy (non-hydrogen) atoms. The molecule has 0 unspecified atom stereocenters. The third kappa shape index (κ3) is 4.49. The van der Waals surface area contributed by atoms with Gasteiger partial charge in [0.2, 0.25) is 5.91 Å². The second-order valence-electron chi connectivity index (χ2n) is 6.75. The first kappa shape index (κ1) is 18.6. The van der Waals surface area contributed by atoms with Gasteiger partial charge in [-0.25, -0.2) is 0 Å².